The van der Waals surface area contributed by atoms with Crippen molar-refractivity contribution in [2.24, 2.45) is 0 Å². The predicted molar refractivity (Wildman–Crippen MR) is 55.1 cm³/mol. The molecule has 0 aromatic carbocycles. The summed E-state index contributed by atoms with van der Waals surface area (Å²) in [6.45, 7) is 2.05. The van der Waals surface area contributed by atoms with Crippen LogP contribution in [0.2, 0.25) is 0 Å². The molecule has 0 heterocycles. The highest BCUT2D eigenvalue weighted by molar-refractivity contribution is 5.88. The summed E-state index contributed by atoms with van der Waals surface area (Å²) < 4.78 is 17.9. The average molecular weight is 262 g/mol. The number of esters is 4. The van der Waals surface area contributed by atoms with Crippen molar-refractivity contribution in [1.29, 1.82) is 0 Å². The molecule has 0 N–H and O–H groups in total. The SMILES string of the molecule is COC(=O)[C@H](OC(C)=O)[C@@H](OC(C)=O)C(=O)OC. The van der Waals surface area contributed by atoms with E-state index in [9.17, 15) is 19.2 Å². The zero-order valence-corrected chi connectivity index (χ0v) is 10.4. The molecule has 0 bridgehead atoms. The number of carbonyl (C=O) groups excluding carboxylic acids is 4. The largest absolute Gasteiger partial charge is 0.466 e. The molecule has 0 radical (unpaired) electrons. The molecule has 0 aliphatic rings. The van der Waals surface area contributed by atoms with Crippen LogP contribution < -0.4 is 0 Å². The van der Waals surface area contributed by atoms with Crippen LogP contribution in [0.25, 0.3) is 0 Å². The van der Waals surface area contributed by atoms with Gasteiger partial charge in [-0.2, -0.15) is 0 Å². The minimum atomic E-state index is -1.70. The number of ether oxygens (including phenoxy) is 4. The summed E-state index contributed by atoms with van der Waals surface area (Å²) in [6.07, 6.45) is -3.41. The topological polar surface area (TPSA) is 105 Å². The van der Waals surface area contributed by atoms with Crippen molar-refractivity contribution >= 4 is 23.9 Å². The quantitative estimate of drug-likeness (QED) is 0.468. The molecule has 0 spiro atoms. The minimum Gasteiger partial charge on any atom is -0.466 e. The van der Waals surface area contributed by atoms with Gasteiger partial charge in [-0.05, 0) is 0 Å². The van der Waals surface area contributed by atoms with Crippen LogP contribution in [0.15, 0.2) is 0 Å². The molecule has 8 nitrogen and oxygen atoms in total. The first kappa shape index (κ1) is 15.9. The molecule has 0 aromatic rings. The standard InChI is InChI=1S/C10H14O8/c1-5(11)17-7(9(13)15-3)8(10(14)16-4)18-6(2)12/h7-8H,1-4H3/t7-,8-/m1/s1. The van der Waals surface area contributed by atoms with Crippen LogP contribution in [0.4, 0.5) is 0 Å². The lowest BCUT2D eigenvalue weighted by Gasteiger charge is -2.22. The third kappa shape index (κ3) is 4.81. The Morgan fingerprint density at radius 2 is 1.00 bits per heavy atom. The number of hydrogen-bond acceptors (Lipinski definition) is 8. The Labute approximate surface area is 103 Å². The first-order valence-electron chi connectivity index (χ1n) is 4.83. The molecule has 0 rings (SSSR count). The third-order valence-corrected chi connectivity index (χ3v) is 1.73. The van der Waals surface area contributed by atoms with Gasteiger partial charge in [0.25, 0.3) is 0 Å². The maximum absolute atomic E-state index is 11.4. The Bertz CT molecular complexity index is 314. The normalized spacial score (nSPS) is 12.9. The van der Waals surface area contributed by atoms with E-state index in [1.807, 2.05) is 0 Å². The fourth-order valence-corrected chi connectivity index (χ4v) is 1.06. The van der Waals surface area contributed by atoms with Crippen LogP contribution in [0.1, 0.15) is 13.8 Å². The van der Waals surface area contributed by atoms with Crippen LogP contribution in [0, 0.1) is 0 Å². The van der Waals surface area contributed by atoms with E-state index in [4.69, 9.17) is 0 Å². The van der Waals surface area contributed by atoms with E-state index in [0.717, 1.165) is 28.1 Å². The van der Waals surface area contributed by atoms with Crippen molar-refractivity contribution in [3.63, 3.8) is 0 Å². The van der Waals surface area contributed by atoms with E-state index in [-0.39, 0.29) is 0 Å². The zero-order valence-electron chi connectivity index (χ0n) is 10.4. The summed E-state index contributed by atoms with van der Waals surface area (Å²) in [7, 11) is 2.06. The first-order valence-corrected chi connectivity index (χ1v) is 4.83. The van der Waals surface area contributed by atoms with Crippen molar-refractivity contribution in [2.45, 2.75) is 26.1 Å². The van der Waals surface area contributed by atoms with E-state index in [1.165, 1.54) is 0 Å². The highest BCUT2D eigenvalue weighted by Gasteiger charge is 2.41. The lowest BCUT2D eigenvalue weighted by molar-refractivity contribution is -0.188. The lowest BCUT2D eigenvalue weighted by atomic mass is 10.2. The van der Waals surface area contributed by atoms with Gasteiger partial charge in [0, 0.05) is 13.8 Å². The van der Waals surface area contributed by atoms with Gasteiger partial charge in [0.05, 0.1) is 14.2 Å². The van der Waals surface area contributed by atoms with E-state index in [0.29, 0.717) is 0 Å². The number of hydrogen-bond donors (Lipinski definition) is 0. The van der Waals surface area contributed by atoms with Gasteiger partial charge in [-0.1, -0.05) is 0 Å². The Morgan fingerprint density at radius 3 is 1.17 bits per heavy atom. The van der Waals surface area contributed by atoms with Crippen LogP contribution in [0.3, 0.4) is 0 Å². The predicted octanol–water partition coefficient (Wildman–Crippen LogP) is -0.804. The molecule has 0 aromatic heterocycles. The molecule has 18 heavy (non-hydrogen) atoms. The Hall–Kier alpha value is -2.12. The van der Waals surface area contributed by atoms with E-state index in [1.54, 1.807) is 0 Å². The number of methoxy groups -OCH3 is 2. The molecule has 0 fully saturated rings. The molecule has 0 aliphatic carbocycles. The van der Waals surface area contributed by atoms with Crippen molar-refractivity contribution in [1.82, 2.24) is 0 Å². The van der Waals surface area contributed by atoms with Crippen molar-refractivity contribution in [2.75, 3.05) is 14.2 Å². The maximum Gasteiger partial charge on any atom is 0.351 e. The summed E-state index contributed by atoms with van der Waals surface area (Å²) in [4.78, 5) is 44.5. The molecular formula is C10H14O8. The Morgan fingerprint density at radius 1 is 0.722 bits per heavy atom. The molecule has 0 unspecified atom stereocenters. The molecule has 0 amide bonds. The molecule has 102 valence electrons. The summed E-state index contributed by atoms with van der Waals surface area (Å²) in [5.41, 5.74) is 0. The van der Waals surface area contributed by atoms with Gasteiger partial charge < -0.3 is 18.9 Å². The fraction of sp³-hybridized carbons (Fsp3) is 0.600. The van der Waals surface area contributed by atoms with Gasteiger partial charge >= 0.3 is 23.9 Å². The zero-order chi connectivity index (χ0) is 14.3. The molecular weight excluding hydrogens is 248 g/mol. The van der Waals surface area contributed by atoms with Gasteiger partial charge in [0.1, 0.15) is 0 Å². The molecule has 0 saturated heterocycles. The highest BCUT2D eigenvalue weighted by atomic mass is 16.6. The van der Waals surface area contributed by atoms with Gasteiger partial charge in [0.15, 0.2) is 0 Å². The highest BCUT2D eigenvalue weighted by Crippen LogP contribution is 2.10. The smallest absolute Gasteiger partial charge is 0.351 e. The summed E-state index contributed by atoms with van der Waals surface area (Å²) in [6, 6.07) is 0. The molecule has 2 atom stereocenters. The van der Waals surface area contributed by atoms with Crippen LogP contribution in [0.5, 0.6) is 0 Å². The molecule has 8 heteroatoms. The van der Waals surface area contributed by atoms with Gasteiger partial charge in [-0.25, -0.2) is 9.59 Å². The van der Waals surface area contributed by atoms with Gasteiger partial charge in [-0.3, -0.25) is 9.59 Å². The van der Waals surface area contributed by atoms with E-state index >= 15 is 0 Å². The minimum absolute atomic E-state index is 0.841. The lowest BCUT2D eigenvalue weighted by Crippen LogP contribution is -2.46. The number of carbonyl (C=O) groups is 4. The van der Waals surface area contributed by atoms with Crippen molar-refractivity contribution < 1.29 is 38.1 Å². The van der Waals surface area contributed by atoms with Gasteiger partial charge in [0.2, 0.25) is 12.2 Å². The second-order valence-electron chi connectivity index (χ2n) is 3.11. The maximum atomic E-state index is 11.4. The third-order valence-electron chi connectivity index (χ3n) is 1.73. The average Bonchev–Trinajstić information content (AvgIpc) is 2.30. The Balaban J connectivity index is 5.17. The van der Waals surface area contributed by atoms with E-state index in [2.05, 4.69) is 18.9 Å². The summed E-state index contributed by atoms with van der Waals surface area (Å²) >= 11 is 0. The molecule has 0 saturated carbocycles. The van der Waals surface area contributed by atoms with Crippen LogP contribution in [-0.4, -0.2) is 50.3 Å². The van der Waals surface area contributed by atoms with Crippen molar-refractivity contribution in [3.05, 3.63) is 0 Å². The van der Waals surface area contributed by atoms with Crippen LogP contribution in [-0.2, 0) is 38.1 Å². The second kappa shape index (κ2) is 7.25. The summed E-state index contributed by atoms with van der Waals surface area (Å²) in [5.74, 6) is -3.76. The van der Waals surface area contributed by atoms with Crippen LogP contribution >= 0.6 is 0 Å². The molecule has 0 aliphatic heterocycles. The summed E-state index contributed by atoms with van der Waals surface area (Å²) in [5, 5.41) is 0. The second-order valence-corrected chi connectivity index (χ2v) is 3.11. The fourth-order valence-electron chi connectivity index (χ4n) is 1.06. The van der Waals surface area contributed by atoms with Crippen molar-refractivity contribution in [3.8, 4) is 0 Å². The number of rotatable bonds is 5. The van der Waals surface area contributed by atoms with Gasteiger partial charge in [-0.15, -0.1) is 0 Å². The Kier molecular flexibility index (Phi) is 6.40. The first-order chi connectivity index (χ1) is 8.33. The van der Waals surface area contributed by atoms with E-state index < -0.39 is 36.1 Å². The monoisotopic (exact) mass is 262 g/mol.